The van der Waals surface area contributed by atoms with Crippen LogP contribution >= 0.6 is 11.6 Å². The van der Waals surface area contributed by atoms with Crippen LogP contribution in [0.5, 0.6) is 0 Å². The van der Waals surface area contributed by atoms with Crippen LogP contribution in [0.15, 0.2) is 102 Å². The van der Waals surface area contributed by atoms with E-state index in [0.717, 1.165) is 15.4 Å². The van der Waals surface area contributed by atoms with Gasteiger partial charge in [0.1, 0.15) is 18.4 Å². The highest BCUT2D eigenvalue weighted by atomic mass is 35.5. The van der Waals surface area contributed by atoms with Crippen LogP contribution in [0.4, 0.5) is 10.1 Å². The fourth-order valence-electron chi connectivity index (χ4n) is 5.00. The summed E-state index contributed by atoms with van der Waals surface area (Å²) in [5, 5.41) is 3.25. The molecule has 242 valence electrons. The Morgan fingerprint density at radius 2 is 1.52 bits per heavy atom. The fraction of sp³-hybridized carbons (Fsp3) is 0.278. The van der Waals surface area contributed by atoms with Crippen molar-refractivity contribution in [2.45, 2.75) is 51.6 Å². The van der Waals surface area contributed by atoms with E-state index in [2.05, 4.69) is 5.32 Å². The maximum absolute atomic E-state index is 15.1. The molecule has 0 bridgehead atoms. The molecular formula is C36H39ClFN3O4S. The van der Waals surface area contributed by atoms with Gasteiger partial charge in [-0.3, -0.25) is 13.9 Å². The lowest BCUT2D eigenvalue weighted by Gasteiger charge is -2.34. The van der Waals surface area contributed by atoms with E-state index in [0.29, 0.717) is 17.1 Å². The predicted octanol–water partition coefficient (Wildman–Crippen LogP) is 6.70. The van der Waals surface area contributed by atoms with Crippen molar-refractivity contribution >= 4 is 39.1 Å². The molecule has 0 saturated heterocycles. The van der Waals surface area contributed by atoms with Gasteiger partial charge in [-0.2, -0.15) is 0 Å². The van der Waals surface area contributed by atoms with Crippen LogP contribution in [0.3, 0.4) is 0 Å². The van der Waals surface area contributed by atoms with E-state index in [1.807, 2.05) is 51.1 Å². The first-order valence-electron chi connectivity index (χ1n) is 15.1. The zero-order chi connectivity index (χ0) is 33.4. The Bertz CT molecular complexity index is 1770. The number of nitrogens with zero attached hydrogens (tertiary/aromatic N) is 2. The second-order valence-corrected chi connectivity index (χ2v) is 13.9. The second-order valence-electron chi connectivity index (χ2n) is 11.7. The van der Waals surface area contributed by atoms with Gasteiger partial charge in [-0.15, -0.1) is 0 Å². The molecule has 0 aliphatic carbocycles. The van der Waals surface area contributed by atoms with Crippen molar-refractivity contribution in [3.8, 4) is 0 Å². The molecule has 2 amide bonds. The minimum Gasteiger partial charge on any atom is -0.354 e. The fourth-order valence-corrected chi connectivity index (χ4v) is 6.64. The summed E-state index contributed by atoms with van der Waals surface area (Å²) in [5.41, 5.74) is 2.53. The average molecular weight is 664 g/mol. The summed E-state index contributed by atoms with van der Waals surface area (Å²) < 4.78 is 44.5. The number of carbonyl (C=O) groups excluding carboxylic acids is 2. The second kappa shape index (κ2) is 15.4. The van der Waals surface area contributed by atoms with Gasteiger partial charge in [-0.1, -0.05) is 97.7 Å². The van der Waals surface area contributed by atoms with Crippen molar-refractivity contribution in [3.05, 3.63) is 130 Å². The zero-order valence-corrected chi connectivity index (χ0v) is 28.0. The van der Waals surface area contributed by atoms with Crippen LogP contribution in [0.1, 0.15) is 36.1 Å². The Morgan fingerprint density at radius 1 is 0.870 bits per heavy atom. The number of halogens is 2. The lowest BCUT2D eigenvalue weighted by atomic mass is 10.0. The van der Waals surface area contributed by atoms with Crippen molar-refractivity contribution in [2.75, 3.05) is 17.4 Å². The van der Waals surface area contributed by atoms with Gasteiger partial charge < -0.3 is 10.2 Å². The highest BCUT2D eigenvalue weighted by Crippen LogP contribution is 2.31. The monoisotopic (exact) mass is 663 g/mol. The van der Waals surface area contributed by atoms with Crippen molar-refractivity contribution < 1.29 is 22.4 Å². The Balaban J connectivity index is 1.84. The molecular weight excluding hydrogens is 625 g/mol. The van der Waals surface area contributed by atoms with Gasteiger partial charge in [0, 0.05) is 30.1 Å². The number of hydrogen-bond acceptors (Lipinski definition) is 4. The van der Waals surface area contributed by atoms with Crippen LogP contribution in [0.25, 0.3) is 0 Å². The molecule has 0 radical (unpaired) electrons. The number of aryl methyl sites for hydroxylation is 1. The molecule has 0 aliphatic rings. The van der Waals surface area contributed by atoms with Crippen molar-refractivity contribution in [1.82, 2.24) is 10.2 Å². The first kappa shape index (κ1) is 34.7. The number of carbonyl (C=O) groups is 2. The highest BCUT2D eigenvalue weighted by Gasteiger charge is 2.35. The van der Waals surface area contributed by atoms with Gasteiger partial charge >= 0.3 is 0 Å². The van der Waals surface area contributed by atoms with E-state index in [9.17, 15) is 18.0 Å². The predicted molar refractivity (Wildman–Crippen MR) is 181 cm³/mol. The van der Waals surface area contributed by atoms with E-state index in [1.54, 1.807) is 55.5 Å². The molecule has 1 atom stereocenters. The number of benzene rings is 4. The smallest absolute Gasteiger partial charge is 0.264 e. The lowest BCUT2D eigenvalue weighted by molar-refractivity contribution is -0.140. The van der Waals surface area contributed by atoms with Crippen LogP contribution in [0, 0.1) is 25.6 Å². The van der Waals surface area contributed by atoms with Crippen molar-refractivity contribution in [2.24, 2.45) is 5.92 Å². The molecule has 0 spiro atoms. The van der Waals surface area contributed by atoms with Crippen molar-refractivity contribution in [1.29, 1.82) is 0 Å². The van der Waals surface area contributed by atoms with Gasteiger partial charge in [0.05, 0.1) is 10.6 Å². The average Bonchev–Trinajstić information content (AvgIpc) is 3.03. The maximum Gasteiger partial charge on any atom is 0.264 e. The maximum atomic E-state index is 15.1. The first-order valence-corrected chi connectivity index (χ1v) is 16.9. The third-order valence-corrected chi connectivity index (χ3v) is 9.83. The molecule has 7 nitrogen and oxygen atoms in total. The molecule has 1 N–H and O–H groups in total. The third-order valence-electron chi connectivity index (χ3n) is 7.65. The molecule has 0 unspecified atom stereocenters. The minimum atomic E-state index is -4.29. The van der Waals surface area contributed by atoms with Gasteiger partial charge in [0.2, 0.25) is 11.8 Å². The minimum absolute atomic E-state index is 0.0126. The number of hydrogen-bond donors (Lipinski definition) is 1. The van der Waals surface area contributed by atoms with E-state index < -0.39 is 40.2 Å². The standard InChI is InChI=1S/C36H39ClFN3O4S/c1-25(2)22-39-36(43)34(21-28-11-6-5-7-12-28)40(23-29-13-8-9-15-32(29)38)35(42)24-41(33-16-10-14-31(37)27(33)4)46(44,45)30-19-17-26(3)18-20-30/h5-20,25,34H,21-24H2,1-4H3,(H,39,43)/t34-/m0/s1. The number of sulfonamides is 1. The molecule has 0 aromatic heterocycles. The normalized spacial score (nSPS) is 12.1. The molecule has 0 heterocycles. The molecule has 0 saturated carbocycles. The van der Waals surface area contributed by atoms with E-state index in [1.165, 1.54) is 23.1 Å². The summed E-state index contributed by atoms with van der Waals surface area (Å²) in [4.78, 5) is 29.6. The number of amides is 2. The van der Waals surface area contributed by atoms with E-state index in [-0.39, 0.29) is 35.0 Å². The summed E-state index contributed by atoms with van der Waals surface area (Å²) in [6.45, 7) is 6.87. The third kappa shape index (κ3) is 8.53. The lowest BCUT2D eigenvalue weighted by Crippen LogP contribution is -2.54. The van der Waals surface area contributed by atoms with Gasteiger partial charge in [0.25, 0.3) is 10.0 Å². The Labute approximate surface area is 276 Å². The van der Waals surface area contributed by atoms with Gasteiger partial charge in [0.15, 0.2) is 0 Å². The first-order chi connectivity index (χ1) is 21.9. The van der Waals surface area contributed by atoms with Crippen molar-refractivity contribution in [3.63, 3.8) is 0 Å². The molecule has 10 heteroatoms. The van der Waals surface area contributed by atoms with Gasteiger partial charge in [-0.25, -0.2) is 12.8 Å². The summed E-state index contributed by atoms with van der Waals surface area (Å²) in [7, 11) is -4.29. The Hall–Kier alpha value is -4.21. The number of nitrogens with one attached hydrogen (secondary N) is 1. The van der Waals surface area contributed by atoms with E-state index in [4.69, 9.17) is 11.6 Å². The molecule has 46 heavy (non-hydrogen) atoms. The highest BCUT2D eigenvalue weighted by molar-refractivity contribution is 7.92. The molecule has 0 aliphatic heterocycles. The Kier molecular flexibility index (Phi) is 11.6. The zero-order valence-electron chi connectivity index (χ0n) is 26.4. The Morgan fingerprint density at radius 3 is 2.17 bits per heavy atom. The van der Waals surface area contributed by atoms with Crippen LogP contribution < -0.4 is 9.62 Å². The summed E-state index contributed by atoms with van der Waals surface area (Å²) in [6, 6.07) is 25.3. The number of rotatable bonds is 13. The largest absolute Gasteiger partial charge is 0.354 e. The molecule has 4 aromatic rings. The molecule has 4 aromatic carbocycles. The molecule has 4 rings (SSSR count). The van der Waals surface area contributed by atoms with Gasteiger partial charge in [-0.05, 0) is 61.2 Å². The summed E-state index contributed by atoms with van der Waals surface area (Å²) >= 11 is 6.43. The van der Waals surface area contributed by atoms with Crippen LogP contribution in [0.2, 0.25) is 5.02 Å². The van der Waals surface area contributed by atoms with E-state index >= 15 is 4.39 Å². The van der Waals surface area contributed by atoms with Crippen LogP contribution in [-0.2, 0) is 32.6 Å². The molecule has 0 fully saturated rings. The quantitative estimate of drug-likeness (QED) is 0.172. The number of anilines is 1. The topological polar surface area (TPSA) is 86.8 Å². The summed E-state index contributed by atoms with van der Waals surface area (Å²) in [5.74, 6) is -1.51. The SMILES string of the molecule is Cc1ccc(S(=O)(=O)N(CC(=O)N(Cc2ccccc2F)[C@@H](Cc2ccccc2)C(=O)NCC(C)C)c2cccc(Cl)c2C)cc1. The summed E-state index contributed by atoms with van der Waals surface area (Å²) in [6.07, 6.45) is 0.131. The van der Waals surface area contributed by atoms with Crippen LogP contribution in [-0.4, -0.2) is 44.3 Å².